The number of aromatic nitrogens is 1. The molecule has 19 heavy (non-hydrogen) atoms. The molecule has 1 atom stereocenters. The fourth-order valence-electron chi connectivity index (χ4n) is 1.61. The molecule has 0 aliphatic carbocycles. The van der Waals surface area contributed by atoms with Crippen LogP contribution >= 0.6 is 11.6 Å². The first-order valence-electron chi connectivity index (χ1n) is 5.60. The molecule has 2 nitrogen and oxygen atoms in total. The number of alkyl halides is 4. The molecule has 0 radical (unpaired) electrons. The third kappa shape index (κ3) is 3.10. The number of halogens is 4. The Kier molecular flexibility index (Phi) is 3.85. The number of benzene rings is 1. The largest absolute Gasteiger partial charge is 0.465 e. The van der Waals surface area contributed by atoms with Crippen LogP contribution in [0.25, 0.3) is 10.8 Å². The first kappa shape index (κ1) is 13.9. The molecule has 0 N–H and O–H groups in total. The Morgan fingerprint density at radius 3 is 2.63 bits per heavy atom. The number of pyridine rings is 1. The number of rotatable bonds is 3. The zero-order valence-electron chi connectivity index (χ0n) is 10.0. The average Bonchev–Trinajstić information content (AvgIpc) is 2.37. The molecule has 0 fully saturated rings. The summed E-state index contributed by atoms with van der Waals surface area (Å²) in [7, 11) is 0. The molecule has 1 unspecified atom stereocenters. The van der Waals surface area contributed by atoms with Crippen LogP contribution in [0.15, 0.2) is 30.3 Å². The quantitative estimate of drug-likeness (QED) is 0.786. The van der Waals surface area contributed by atoms with E-state index in [1.807, 2.05) is 0 Å². The van der Waals surface area contributed by atoms with Crippen molar-refractivity contribution < 1.29 is 17.9 Å². The zero-order chi connectivity index (χ0) is 14.0. The average molecular weight is 290 g/mol. The predicted octanol–water partition coefficient (Wildman–Crippen LogP) is 4.30. The van der Waals surface area contributed by atoms with Gasteiger partial charge in [-0.1, -0.05) is 18.2 Å². The number of fused-ring (bicyclic) bond motifs is 1. The molecule has 0 spiro atoms. The van der Waals surface area contributed by atoms with Crippen molar-refractivity contribution >= 4 is 22.4 Å². The molecule has 0 saturated carbocycles. The second kappa shape index (κ2) is 5.25. The Hall–Kier alpha value is -1.49. The fraction of sp³-hybridized carbons (Fsp3) is 0.308. The summed E-state index contributed by atoms with van der Waals surface area (Å²) < 4.78 is 42.6. The van der Waals surface area contributed by atoms with Crippen LogP contribution in [-0.4, -0.2) is 17.3 Å². The van der Waals surface area contributed by atoms with E-state index in [4.69, 9.17) is 16.3 Å². The van der Waals surface area contributed by atoms with Crippen LogP contribution in [0.5, 0.6) is 5.88 Å². The van der Waals surface area contributed by atoms with Gasteiger partial charge in [-0.05, 0) is 24.4 Å². The van der Waals surface area contributed by atoms with Gasteiger partial charge in [-0.25, -0.2) is 4.98 Å². The molecule has 2 aromatic rings. The van der Waals surface area contributed by atoms with E-state index in [0.29, 0.717) is 11.1 Å². The summed E-state index contributed by atoms with van der Waals surface area (Å²) in [6.45, 7) is 0.948. The Morgan fingerprint density at radius 1 is 1.32 bits per heavy atom. The van der Waals surface area contributed by atoms with E-state index in [1.54, 1.807) is 30.3 Å². The van der Waals surface area contributed by atoms with Gasteiger partial charge in [0.2, 0.25) is 5.88 Å². The van der Waals surface area contributed by atoms with Crippen molar-refractivity contribution in [3.63, 3.8) is 0 Å². The summed E-state index contributed by atoms with van der Waals surface area (Å²) in [4.78, 5) is 4.02. The predicted molar refractivity (Wildman–Crippen MR) is 67.4 cm³/mol. The van der Waals surface area contributed by atoms with Gasteiger partial charge in [-0.15, -0.1) is 11.6 Å². The SMILES string of the molecule is CC(Oc1nc(CCl)cc2ccccc12)C(F)(F)F. The molecular formula is C13H11ClF3NO. The van der Waals surface area contributed by atoms with E-state index in [1.165, 1.54) is 0 Å². The van der Waals surface area contributed by atoms with E-state index >= 15 is 0 Å². The summed E-state index contributed by atoms with van der Waals surface area (Å²) in [6, 6.07) is 8.68. The maximum Gasteiger partial charge on any atom is 0.425 e. The first-order valence-corrected chi connectivity index (χ1v) is 6.13. The van der Waals surface area contributed by atoms with Crippen LogP contribution in [-0.2, 0) is 5.88 Å². The van der Waals surface area contributed by atoms with Gasteiger partial charge >= 0.3 is 6.18 Å². The van der Waals surface area contributed by atoms with Crippen molar-refractivity contribution in [2.45, 2.75) is 25.1 Å². The molecule has 2 rings (SSSR count). The van der Waals surface area contributed by atoms with E-state index in [-0.39, 0.29) is 11.8 Å². The molecule has 6 heteroatoms. The van der Waals surface area contributed by atoms with Crippen molar-refractivity contribution in [1.82, 2.24) is 4.98 Å². The van der Waals surface area contributed by atoms with Gasteiger partial charge in [0.1, 0.15) is 0 Å². The molecule has 0 amide bonds. The van der Waals surface area contributed by atoms with E-state index < -0.39 is 12.3 Å². The molecule has 1 heterocycles. The molecule has 102 valence electrons. The zero-order valence-corrected chi connectivity index (χ0v) is 10.8. The molecule has 0 saturated heterocycles. The van der Waals surface area contributed by atoms with Gasteiger partial charge in [0.25, 0.3) is 0 Å². The van der Waals surface area contributed by atoms with Crippen LogP contribution in [0, 0.1) is 0 Å². The normalized spacial score (nSPS) is 13.5. The Balaban J connectivity index is 2.46. The third-order valence-electron chi connectivity index (χ3n) is 2.64. The minimum atomic E-state index is -4.43. The molecule has 0 bridgehead atoms. The van der Waals surface area contributed by atoms with Gasteiger partial charge in [0, 0.05) is 5.39 Å². The highest BCUT2D eigenvalue weighted by Crippen LogP contribution is 2.29. The fourth-order valence-corrected chi connectivity index (χ4v) is 1.75. The molecule has 0 aliphatic rings. The molecular weight excluding hydrogens is 279 g/mol. The van der Waals surface area contributed by atoms with Crippen molar-refractivity contribution in [1.29, 1.82) is 0 Å². The lowest BCUT2D eigenvalue weighted by Crippen LogP contribution is -2.31. The maximum atomic E-state index is 12.5. The van der Waals surface area contributed by atoms with Gasteiger partial charge < -0.3 is 4.74 Å². The smallest absolute Gasteiger partial charge is 0.425 e. The lowest BCUT2D eigenvalue weighted by Gasteiger charge is -2.18. The van der Waals surface area contributed by atoms with Gasteiger partial charge in [-0.3, -0.25) is 0 Å². The van der Waals surface area contributed by atoms with Crippen LogP contribution in [0.2, 0.25) is 0 Å². The Labute approximate surface area is 113 Å². The van der Waals surface area contributed by atoms with Crippen LogP contribution in [0.4, 0.5) is 13.2 Å². The molecule has 0 aliphatic heterocycles. The van der Waals surface area contributed by atoms with E-state index in [2.05, 4.69) is 4.98 Å². The van der Waals surface area contributed by atoms with Crippen LogP contribution in [0.3, 0.4) is 0 Å². The minimum Gasteiger partial charge on any atom is -0.465 e. The highest BCUT2D eigenvalue weighted by molar-refractivity contribution is 6.17. The van der Waals surface area contributed by atoms with Crippen molar-refractivity contribution in [2.24, 2.45) is 0 Å². The first-order chi connectivity index (χ1) is 8.91. The lowest BCUT2D eigenvalue weighted by atomic mass is 10.1. The van der Waals surface area contributed by atoms with Gasteiger partial charge in [0.15, 0.2) is 6.10 Å². The number of ether oxygens (including phenoxy) is 1. The maximum absolute atomic E-state index is 12.5. The second-order valence-corrected chi connectivity index (χ2v) is 4.34. The van der Waals surface area contributed by atoms with Crippen LogP contribution < -0.4 is 4.74 Å². The Morgan fingerprint density at radius 2 is 2.00 bits per heavy atom. The van der Waals surface area contributed by atoms with E-state index in [0.717, 1.165) is 12.3 Å². The standard InChI is InChI=1S/C13H11ClF3NO/c1-8(13(15,16)17)19-12-11-5-3-2-4-9(11)6-10(7-14)18-12/h2-6,8H,7H2,1H3. The van der Waals surface area contributed by atoms with Gasteiger partial charge in [-0.2, -0.15) is 13.2 Å². The second-order valence-electron chi connectivity index (χ2n) is 4.08. The highest BCUT2D eigenvalue weighted by Gasteiger charge is 2.38. The van der Waals surface area contributed by atoms with Crippen LogP contribution in [0.1, 0.15) is 12.6 Å². The minimum absolute atomic E-state index is 0.0430. The molecule has 1 aromatic carbocycles. The number of nitrogens with zero attached hydrogens (tertiary/aromatic N) is 1. The summed E-state index contributed by atoms with van der Waals surface area (Å²) in [6.07, 6.45) is -6.35. The number of hydrogen-bond acceptors (Lipinski definition) is 2. The highest BCUT2D eigenvalue weighted by atomic mass is 35.5. The summed E-state index contributed by atoms with van der Waals surface area (Å²) in [5, 5.41) is 1.28. The van der Waals surface area contributed by atoms with Crippen molar-refractivity contribution in [3.8, 4) is 5.88 Å². The number of hydrogen-bond donors (Lipinski definition) is 0. The topological polar surface area (TPSA) is 22.1 Å². The monoisotopic (exact) mass is 289 g/mol. The van der Waals surface area contributed by atoms with Crippen molar-refractivity contribution in [3.05, 3.63) is 36.0 Å². The van der Waals surface area contributed by atoms with Gasteiger partial charge in [0.05, 0.1) is 11.6 Å². The Bertz CT molecular complexity index is 586. The van der Waals surface area contributed by atoms with Crippen molar-refractivity contribution in [2.75, 3.05) is 0 Å². The summed E-state index contributed by atoms with van der Waals surface area (Å²) >= 11 is 5.69. The van der Waals surface area contributed by atoms with E-state index in [9.17, 15) is 13.2 Å². The summed E-state index contributed by atoms with van der Waals surface area (Å²) in [5.74, 6) is 0.0697. The lowest BCUT2D eigenvalue weighted by molar-refractivity contribution is -0.189. The summed E-state index contributed by atoms with van der Waals surface area (Å²) in [5.41, 5.74) is 0.477. The third-order valence-corrected chi connectivity index (χ3v) is 2.92. The molecule has 1 aromatic heterocycles.